The van der Waals surface area contributed by atoms with Crippen LogP contribution in [-0.4, -0.2) is 42.6 Å². The fraction of sp³-hybridized carbons (Fsp3) is 0.192. The number of benzene rings is 2. The molecule has 168 valence electrons. The molecule has 7 nitrogen and oxygen atoms in total. The van der Waals surface area contributed by atoms with Crippen LogP contribution in [0.1, 0.15) is 12.0 Å². The quantitative estimate of drug-likeness (QED) is 0.208. The summed E-state index contributed by atoms with van der Waals surface area (Å²) in [5.41, 5.74) is 3.01. The van der Waals surface area contributed by atoms with Gasteiger partial charge in [-0.3, -0.25) is 4.79 Å². The maximum atomic E-state index is 12.5. The number of methoxy groups -OCH3 is 1. The number of rotatable bonds is 11. The minimum Gasteiger partial charge on any atom is -0.490 e. The van der Waals surface area contributed by atoms with Gasteiger partial charge in [-0.25, -0.2) is 4.68 Å². The number of amides is 1. The van der Waals surface area contributed by atoms with Crippen LogP contribution in [0.15, 0.2) is 79.0 Å². The molecule has 0 aliphatic carbocycles. The number of carbonyl (C=O) groups is 1. The molecule has 1 heterocycles. The molecule has 0 saturated heterocycles. The Labute approximate surface area is 193 Å². The zero-order chi connectivity index (χ0) is 23.5. The van der Waals surface area contributed by atoms with Gasteiger partial charge < -0.3 is 14.8 Å². The molecule has 0 aliphatic heterocycles. The van der Waals surface area contributed by atoms with Crippen molar-refractivity contribution in [2.75, 3.05) is 26.9 Å². The first kappa shape index (κ1) is 23.5. The predicted molar refractivity (Wildman–Crippen MR) is 128 cm³/mol. The molecule has 3 rings (SSSR count). The molecular weight excluding hydrogens is 416 g/mol. The Morgan fingerprint density at radius 2 is 1.97 bits per heavy atom. The van der Waals surface area contributed by atoms with Gasteiger partial charge in [-0.1, -0.05) is 30.9 Å². The lowest BCUT2D eigenvalue weighted by molar-refractivity contribution is -0.117. The van der Waals surface area contributed by atoms with Gasteiger partial charge in [0.15, 0.2) is 0 Å². The van der Waals surface area contributed by atoms with Crippen molar-refractivity contribution >= 4 is 12.0 Å². The van der Waals surface area contributed by atoms with Gasteiger partial charge in [0.2, 0.25) is 0 Å². The molecular formula is C26H26N4O3. The smallest absolute Gasteiger partial charge is 0.261 e. The molecule has 1 amide bonds. The molecule has 0 spiro atoms. The van der Waals surface area contributed by atoms with E-state index in [1.54, 1.807) is 23.9 Å². The Kier molecular flexibility index (Phi) is 8.57. The van der Waals surface area contributed by atoms with E-state index < -0.39 is 5.91 Å². The van der Waals surface area contributed by atoms with E-state index >= 15 is 0 Å². The monoisotopic (exact) mass is 442 g/mol. The van der Waals surface area contributed by atoms with E-state index in [-0.39, 0.29) is 5.57 Å². The fourth-order valence-electron chi connectivity index (χ4n) is 3.11. The number of aromatic nitrogens is 2. The van der Waals surface area contributed by atoms with Gasteiger partial charge in [0, 0.05) is 37.6 Å². The normalized spacial score (nSPS) is 11.0. The number of para-hydroxylation sites is 1. The summed E-state index contributed by atoms with van der Waals surface area (Å²) in [7, 11) is 1.60. The van der Waals surface area contributed by atoms with Crippen LogP contribution in [0.2, 0.25) is 0 Å². The number of nitriles is 1. The number of ether oxygens (including phenoxy) is 2. The Balaban J connectivity index is 1.96. The van der Waals surface area contributed by atoms with E-state index in [2.05, 4.69) is 11.9 Å². The first-order valence-corrected chi connectivity index (χ1v) is 10.5. The summed E-state index contributed by atoms with van der Waals surface area (Å²) in [5.74, 6) is 0.284. The Morgan fingerprint density at radius 3 is 2.64 bits per heavy atom. The topological polar surface area (TPSA) is 89.2 Å². The lowest BCUT2D eigenvalue weighted by atomic mass is 10.1. The molecule has 0 unspecified atom stereocenters. The summed E-state index contributed by atoms with van der Waals surface area (Å²) in [6, 6.07) is 19.1. The molecule has 0 bridgehead atoms. The van der Waals surface area contributed by atoms with Gasteiger partial charge in [0.25, 0.3) is 5.91 Å². The molecule has 0 atom stereocenters. The van der Waals surface area contributed by atoms with E-state index in [1.807, 2.05) is 66.9 Å². The van der Waals surface area contributed by atoms with Crippen LogP contribution in [0.25, 0.3) is 23.0 Å². The van der Waals surface area contributed by atoms with Crippen molar-refractivity contribution in [1.82, 2.24) is 15.1 Å². The van der Waals surface area contributed by atoms with Gasteiger partial charge in [-0.15, -0.1) is 0 Å². The van der Waals surface area contributed by atoms with Crippen molar-refractivity contribution in [2.45, 2.75) is 6.42 Å². The largest absolute Gasteiger partial charge is 0.490 e. The summed E-state index contributed by atoms with van der Waals surface area (Å²) in [6.45, 7) is 5.03. The Morgan fingerprint density at radius 1 is 1.21 bits per heavy atom. The van der Waals surface area contributed by atoms with Crippen LogP contribution in [0.4, 0.5) is 0 Å². The number of nitrogens with one attached hydrogen (secondary N) is 1. The van der Waals surface area contributed by atoms with Gasteiger partial charge in [0.1, 0.15) is 24.0 Å². The first-order valence-electron chi connectivity index (χ1n) is 10.5. The second kappa shape index (κ2) is 12.0. The highest BCUT2D eigenvalue weighted by molar-refractivity contribution is 6.02. The van der Waals surface area contributed by atoms with E-state index in [0.717, 1.165) is 11.3 Å². The number of hydrogen-bond donors (Lipinski definition) is 1. The summed E-state index contributed by atoms with van der Waals surface area (Å²) in [4.78, 5) is 12.5. The summed E-state index contributed by atoms with van der Waals surface area (Å²) in [5, 5.41) is 17.1. The third kappa shape index (κ3) is 6.42. The Bertz CT molecular complexity index is 1140. The van der Waals surface area contributed by atoms with Crippen LogP contribution < -0.4 is 10.1 Å². The van der Waals surface area contributed by atoms with Crippen LogP contribution in [0, 0.1) is 11.3 Å². The average Bonchev–Trinajstić information content (AvgIpc) is 3.28. The van der Waals surface area contributed by atoms with E-state index in [4.69, 9.17) is 14.6 Å². The fourth-order valence-corrected chi connectivity index (χ4v) is 3.11. The minimum atomic E-state index is -0.430. The number of hydrogen-bond acceptors (Lipinski definition) is 5. The highest BCUT2D eigenvalue weighted by Crippen LogP contribution is 2.27. The van der Waals surface area contributed by atoms with Crippen LogP contribution in [0.5, 0.6) is 5.75 Å². The highest BCUT2D eigenvalue weighted by atomic mass is 16.5. The second-order valence-electron chi connectivity index (χ2n) is 7.11. The molecule has 0 fully saturated rings. The van der Waals surface area contributed by atoms with Gasteiger partial charge in [-0.05, 0) is 48.9 Å². The highest BCUT2D eigenvalue weighted by Gasteiger charge is 2.15. The molecule has 3 aromatic rings. The maximum Gasteiger partial charge on any atom is 0.261 e. The number of carbonyl (C=O) groups excluding carboxylic acids is 1. The predicted octanol–water partition coefficient (Wildman–Crippen LogP) is 4.16. The van der Waals surface area contributed by atoms with Gasteiger partial charge >= 0.3 is 0 Å². The third-order valence-corrected chi connectivity index (χ3v) is 4.73. The van der Waals surface area contributed by atoms with E-state index in [1.165, 1.54) is 0 Å². The lowest BCUT2D eigenvalue weighted by Crippen LogP contribution is -2.26. The van der Waals surface area contributed by atoms with Crippen molar-refractivity contribution in [1.29, 1.82) is 5.26 Å². The average molecular weight is 443 g/mol. The summed E-state index contributed by atoms with van der Waals surface area (Å²) in [6.07, 6.45) is 5.72. The van der Waals surface area contributed by atoms with E-state index in [9.17, 15) is 10.1 Å². The SMILES string of the molecule is C=CCOc1ccc(-c2nn(-c3ccccc3)cc2C=C(C#N)C(=O)NCCCOC)cc1. The minimum absolute atomic E-state index is 0.00668. The van der Waals surface area contributed by atoms with Gasteiger partial charge in [-0.2, -0.15) is 10.4 Å². The second-order valence-corrected chi connectivity index (χ2v) is 7.11. The molecule has 7 heteroatoms. The maximum absolute atomic E-state index is 12.5. The molecule has 0 aliphatic rings. The van der Waals surface area contributed by atoms with Crippen molar-refractivity contribution in [3.8, 4) is 28.8 Å². The third-order valence-electron chi connectivity index (χ3n) is 4.73. The zero-order valence-electron chi connectivity index (χ0n) is 18.5. The summed E-state index contributed by atoms with van der Waals surface area (Å²) < 4.78 is 12.3. The van der Waals surface area contributed by atoms with Crippen molar-refractivity contribution < 1.29 is 14.3 Å². The van der Waals surface area contributed by atoms with Gasteiger partial charge in [0.05, 0.1) is 11.4 Å². The summed E-state index contributed by atoms with van der Waals surface area (Å²) >= 11 is 0. The van der Waals surface area contributed by atoms with Crippen LogP contribution in [-0.2, 0) is 9.53 Å². The Hall–Kier alpha value is -4.15. The molecule has 1 N–H and O–H groups in total. The molecule has 1 aromatic heterocycles. The van der Waals surface area contributed by atoms with Crippen molar-refractivity contribution in [2.24, 2.45) is 0 Å². The van der Waals surface area contributed by atoms with Crippen molar-refractivity contribution in [3.63, 3.8) is 0 Å². The molecule has 0 radical (unpaired) electrons. The number of nitrogens with zero attached hydrogens (tertiary/aromatic N) is 3. The first-order chi connectivity index (χ1) is 16.2. The molecule has 2 aromatic carbocycles. The van der Waals surface area contributed by atoms with Crippen molar-refractivity contribution in [3.05, 3.63) is 84.6 Å². The lowest BCUT2D eigenvalue weighted by Gasteiger charge is -2.05. The molecule has 33 heavy (non-hydrogen) atoms. The standard InChI is InChI=1S/C26H26N4O3/c1-3-15-33-24-12-10-20(11-13-24)25-22(19-30(29-25)23-8-5-4-6-9-23)17-21(18-27)26(31)28-14-7-16-32-2/h3-6,8-13,17,19H,1,7,14-16H2,2H3,(H,28,31). The van der Waals surface area contributed by atoms with Crippen LogP contribution >= 0.6 is 0 Å². The zero-order valence-corrected chi connectivity index (χ0v) is 18.5. The van der Waals surface area contributed by atoms with Crippen LogP contribution in [0.3, 0.4) is 0 Å². The van der Waals surface area contributed by atoms with E-state index in [0.29, 0.717) is 43.2 Å². The molecule has 0 saturated carbocycles.